The van der Waals surface area contributed by atoms with E-state index in [1.807, 2.05) is 6.07 Å². The summed E-state index contributed by atoms with van der Waals surface area (Å²) >= 11 is 0. The Balaban J connectivity index is 2.20. The second-order valence-corrected chi connectivity index (χ2v) is 4.51. The van der Waals surface area contributed by atoms with Crippen LogP contribution in [0.5, 0.6) is 0 Å². The summed E-state index contributed by atoms with van der Waals surface area (Å²) in [4.78, 5) is 13.5. The van der Waals surface area contributed by atoms with Crippen molar-refractivity contribution in [3.63, 3.8) is 0 Å². The Morgan fingerprint density at radius 2 is 1.90 bits per heavy atom. The Bertz CT molecular complexity index is 722. The van der Waals surface area contributed by atoms with Crippen LogP contribution in [0.25, 0.3) is 0 Å². The van der Waals surface area contributed by atoms with Gasteiger partial charge in [0.25, 0.3) is 0 Å². The zero-order valence-corrected chi connectivity index (χ0v) is 11.3. The third-order valence-corrected chi connectivity index (χ3v) is 3.10. The highest BCUT2D eigenvalue weighted by Crippen LogP contribution is 2.19. The van der Waals surface area contributed by atoms with Crippen LogP contribution in [-0.4, -0.2) is 13.0 Å². The van der Waals surface area contributed by atoms with Crippen molar-refractivity contribution in [1.29, 1.82) is 5.26 Å². The Morgan fingerprint density at radius 3 is 2.57 bits per heavy atom. The van der Waals surface area contributed by atoms with Crippen LogP contribution in [-0.2, 0) is 11.2 Å². The standard InChI is InChI=1S/C16H12F2N2O/c1-20(15-5-3-2-4-12(15)10-19)16(21)9-11-6-7-13(17)14(18)8-11/h2-8H,9H2,1H3. The number of benzene rings is 2. The highest BCUT2D eigenvalue weighted by Gasteiger charge is 2.15. The molecule has 0 aliphatic heterocycles. The van der Waals surface area contributed by atoms with Gasteiger partial charge in [0.2, 0.25) is 5.91 Å². The van der Waals surface area contributed by atoms with Crippen molar-refractivity contribution in [3.05, 3.63) is 65.2 Å². The maximum Gasteiger partial charge on any atom is 0.231 e. The zero-order chi connectivity index (χ0) is 15.4. The number of likely N-dealkylation sites (N-methyl/N-ethyl adjacent to an activating group) is 1. The molecule has 3 nitrogen and oxygen atoms in total. The van der Waals surface area contributed by atoms with E-state index in [2.05, 4.69) is 0 Å². The maximum atomic E-state index is 13.1. The molecule has 0 spiro atoms. The molecule has 2 aromatic rings. The molecule has 106 valence electrons. The van der Waals surface area contributed by atoms with Crippen molar-refractivity contribution in [2.24, 2.45) is 0 Å². The fraction of sp³-hybridized carbons (Fsp3) is 0.125. The summed E-state index contributed by atoms with van der Waals surface area (Å²) in [5.74, 6) is -2.25. The van der Waals surface area contributed by atoms with Crippen LogP contribution in [0.2, 0.25) is 0 Å². The maximum absolute atomic E-state index is 13.1. The van der Waals surface area contributed by atoms with Gasteiger partial charge in [0.1, 0.15) is 6.07 Å². The molecule has 0 saturated heterocycles. The first kappa shape index (κ1) is 14.7. The third-order valence-electron chi connectivity index (χ3n) is 3.10. The number of rotatable bonds is 3. The highest BCUT2D eigenvalue weighted by molar-refractivity contribution is 5.95. The summed E-state index contributed by atoms with van der Waals surface area (Å²) in [5, 5.41) is 9.03. The van der Waals surface area contributed by atoms with E-state index in [4.69, 9.17) is 5.26 Å². The molecule has 0 fully saturated rings. The lowest BCUT2D eigenvalue weighted by Crippen LogP contribution is -2.28. The van der Waals surface area contributed by atoms with Crippen LogP contribution in [0, 0.1) is 23.0 Å². The molecule has 2 rings (SSSR count). The first-order valence-electron chi connectivity index (χ1n) is 6.22. The molecular formula is C16H12F2N2O. The van der Waals surface area contributed by atoms with Crippen LogP contribution < -0.4 is 4.90 Å². The van der Waals surface area contributed by atoms with E-state index in [-0.39, 0.29) is 12.3 Å². The average molecular weight is 286 g/mol. The van der Waals surface area contributed by atoms with Gasteiger partial charge in [0, 0.05) is 7.05 Å². The van der Waals surface area contributed by atoms with Gasteiger partial charge < -0.3 is 4.90 Å². The molecule has 21 heavy (non-hydrogen) atoms. The zero-order valence-electron chi connectivity index (χ0n) is 11.3. The molecule has 1 amide bonds. The topological polar surface area (TPSA) is 44.1 Å². The van der Waals surface area contributed by atoms with Gasteiger partial charge in [-0.25, -0.2) is 8.78 Å². The smallest absolute Gasteiger partial charge is 0.231 e. The summed E-state index contributed by atoms with van der Waals surface area (Å²) in [6, 6.07) is 12.0. The molecule has 0 aliphatic rings. The van der Waals surface area contributed by atoms with Gasteiger partial charge >= 0.3 is 0 Å². The molecular weight excluding hydrogens is 274 g/mol. The normalized spacial score (nSPS) is 10.0. The lowest BCUT2D eigenvalue weighted by atomic mass is 10.1. The minimum Gasteiger partial charge on any atom is -0.314 e. The van der Waals surface area contributed by atoms with Crippen LogP contribution in [0.15, 0.2) is 42.5 Å². The molecule has 0 N–H and O–H groups in total. The number of anilines is 1. The number of amides is 1. The van der Waals surface area contributed by atoms with Crippen molar-refractivity contribution in [1.82, 2.24) is 0 Å². The number of para-hydroxylation sites is 1. The van der Waals surface area contributed by atoms with E-state index in [9.17, 15) is 13.6 Å². The summed E-state index contributed by atoms with van der Waals surface area (Å²) in [7, 11) is 1.54. The van der Waals surface area contributed by atoms with Crippen molar-refractivity contribution in [2.45, 2.75) is 6.42 Å². The molecule has 0 aromatic heterocycles. The molecule has 0 unspecified atom stereocenters. The third kappa shape index (κ3) is 3.23. The van der Waals surface area contributed by atoms with Gasteiger partial charge in [-0.1, -0.05) is 18.2 Å². The fourth-order valence-electron chi connectivity index (χ4n) is 1.94. The number of halogens is 2. The number of hydrogen-bond donors (Lipinski definition) is 0. The predicted octanol–water partition coefficient (Wildman–Crippen LogP) is 3.04. The summed E-state index contributed by atoms with van der Waals surface area (Å²) in [6.45, 7) is 0. The number of nitriles is 1. The summed E-state index contributed by atoms with van der Waals surface area (Å²) in [5.41, 5.74) is 1.23. The van der Waals surface area contributed by atoms with Crippen molar-refractivity contribution < 1.29 is 13.6 Å². The lowest BCUT2D eigenvalue weighted by Gasteiger charge is -2.18. The van der Waals surface area contributed by atoms with E-state index in [0.717, 1.165) is 12.1 Å². The lowest BCUT2D eigenvalue weighted by molar-refractivity contribution is -0.117. The number of carbonyl (C=O) groups excluding carboxylic acids is 1. The van der Waals surface area contributed by atoms with Gasteiger partial charge in [-0.2, -0.15) is 5.26 Å². The average Bonchev–Trinajstić information content (AvgIpc) is 2.50. The Morgan fingerprint density at radius 1 is 1.19 bits per heavy atom. The quantitative estimate of drug-likeness (QED) is 0.870. The monoisotopic (exact) mass is 286 g/mol. The number of hydrogen-bond acceptors (Lipinski definition) is 2. The summed E-state index contributed by atoms with van der Waals surface area (Å²) in [6.07, 6.45) is -0.0759. The molecule has 0 saturated carbocycles. The van der Waals surface area contributed by atoms with Crippen LogP contribution in [0.1, 0.15) is 11.1 Å². The molecule has 0 atom stereocenters. The first-order chi connectivity index (χ1) is 10.0. The minimum absolute atomic E-state index is 0.0759. The largest absolute Gasteiger partial charge is 0.314 e. The van der Waals surface area contributed by atoms with Crippen LogP contribution in [0.4, 0.5) is 14.5 Å². The molecule has 2 aromatic carbocycles. The Kier molecular flexibility index (Phi) is 4.29. The van der Waals surface area contributed by atoms with Crippen molar-refractivity contribution >= 4 is 11.6 Å². The number of nitrogens with zero attached hydrogens (tertiary/aromatic N) is 2. The second-order valence-electron chi connectivity index (χ2n) is 4.51. The van der Waals surface area contributed by atoms with Gasteiger partial charge in [-0.05, 0) is 29.8 Å². The van der Waals surface area contributed by atoms with E-state index in [1.54, 1.807) is 31.3 Å². The van der Waals surface area contributed by atoms with Crippen molar-refractivity contribution in [3.8, 4) is 6.07 Å². The minimum atomic E-state index is -0.986. The first-order valence-corrected chi connectivity index (χ1v) is 6.22. The Labute approximate surface area is 121 Å². The SMILES string of the molecule is CN(C(=O)Cc1ccc(F)c(F)c1)c1ccccc1C#N. The highest BCUT2D eigenvalue weighted by atomic mass is 19.2. The molecule has 0 aliphatic carbocycles. The second kappa shape index (κ2) is 6.14. The Hall–Kier alpha value is -2.74. The van der Waals surface area contributed by atoms with Gasteiger partial charge in [-0.3, -0.25) is 4.79 Å². The van der Waals surface area contributed by atoms with Crippen molar-refractivity contribution in [2.75, 3.05) is 11.9 Å². The van der Waals surface area contributed by atoms with Gasteiger partial charge in [0.15, 0.2) is 11.6 Å². The molecule has 0 bridgehead atoms. The van der Waals surface area contributed by atoms with Gasteiger partial charge in [-0.15, -0.1) is 0 Å². The van der Waals surface area contributed by atoms with E-state index < -0.39 is 11.6 Å². The van der Waals surface area contributed by atoms with E-state index in [0.29, 0.717) is 16.8 Å². The van der Waals surface area contributed by atoms with E-state index in [1.165, 1.54) is 11.0 Å². The van der Waals surface area contributed by atoms with Crippen LogP contribution in [0.3, 0.4) is 0 Å². The van der Waals surface area contributed by atoms with Gasteiger partial charge in [0.05, 0.1) is 17.7 Å². The molecule has 0 radical (unpaired) electrons. The molecule has 5 heteroatoms. The summed E-state index contributed by atoms with van der Waals surface area (Å²) < 4.78 is 26.0. The van der Waals surface area contributed by atoms with Crippen LogP contribution >= 0.6 is 0 Å². The number of carbonyl (C=O) groups is 1. The predicted molar refractivity (Wildman–Crippen MR) is 74.6 cm³/mol. The fourth-order valence-corrected chi connectivity index (χ4v) is 1.94. The van der Waals surface area contributed by atoms with E-state index >= 15 is 0 Å². The molecule has 0 heterocycles.